The molecule has 0 bridgehead atoms. The second-order valence-electron chi connectivity index (χ2n) is 9.46. The summed E-state index contributed by atoms with van der Waals surface area (Å²) in [4.78, 5) is 16.5. The van der Waals surface area contributed by atoms with Crippen molar-refractivity contribution in [3.63, 3.8) is 0 Å². The third-order valence-electron chi connectivity index (χ3n) is 6.95. The maximum Gasteiger partial charge on any atom is 0.292 e. The lowest BCUT2D eigenvalue weighted by atomic mass is 9.98. The number of nitro benzene ring substituents is 1. The summed E-state index contributed by atoms with van der Waals surface area (Å²) in [7, 11) is 0. The highest BCUT2D eigenvalue weighted by Crippen LogP contribution is 2.35. The smallest absolute Gasteiger partial charge is 0.292 e. The van der Waals surface area contributed by atoms with Gasteiger partial charge in [-0.15, -0.1) is 0 Å². The Morgan fingerprint density at radius 2 is 1.38 bits per heavy atom. The topological polar surface area (TPSA) is 61.7 Å². The molecule has 0 aromatic heterocycles. The van der Waals surface area contributed by atoms with Gasteiger partial charge in [-0.1, -0.05) is 91.0 Å². The zero-order valence-electron chi connectivity index (χ0n) is 20.9. The van der Waals surface area contributed by atoms with Crippen molar-refractivity contribution in [3.05, 3.63) is 136 Å². The molecule has 0 atom stereocenters. The fourth-order valence-corrected chi connectivity index (χ4v) is 5.03. The second kappa shape index (κ2) is 11.7. The van der Waals surface area contributed by atoms with Crippen molar-refractivity contribution < 1.29 is 4.92 Å². The van der Waals surface area contributed by atoms with Crippen LogP contribution in [0.5, 0.6) is 0 Å². The predicted octanol–water partition coefficient (Wildman–Crippen LogP) is 6.51. The van der Waals surface area contributed by atoms with Gasteiger partial charge in [0, 0.05) is 44.5 Å². The summed E-state index contributed by atoms with van der Waals surface area (Å²) in [5.74, 6) is 0. The number of nitrogens with zero attached hydrogens (tertiary/aromatic N) is 3. The van der Waals surface area contributed by atoms with E-state index in [0.717, 1.165) is 56.0 Å². The molecule has 4 aromatic rings. The summed E-state index contributed by atoms with van der Waals surface area (Å²) in [6.07, 6.45) is 1.04. The summed E-state index contributed by atoms with van der Waals surface area (Å²) >= 11 is 0. The first-order valence-corrected chi connectivity index (χ1v) is 12.8. The monoisotopic (exact) mass is 492 g/mol. The molecule has 0 aliphatic carbocycles. The van der Waals surface area contributed by atoms with E-state index in [-0.39, 0.29) is 16.7 Å². The van der Waals surface area contributed by atoms with Gasteiger partial charge in [0.05, 0.1) is 11.0 Å². The van der Waals surface area contributed by atoms with Crippen LogP contribution in [-0.2, 0) is 6.54 Å². The molecule has 0 saturated carbocycles. The van der Waals surface area contributed by atoms with E-state index in [1.807, 2.05) is 54.6 Å². The summed E-state index contributed by atoms with van der Waals surface area (Å²) in [6.45, 7) is 4.73. The van der Waals surface area contributed by atoms with Gasteiger partial charge in [-0.05, 0) is 35.2 Å². The van der Waals surface area contributed by atoms with E-state index in [4.69, 9.17) is 0 Å². The molecule has 4 aromatic carbocycles. The van der Waals surface area contributed by atoms with E-state index in [1.165, 1.54) is 5.56 Å². The lowest BCUT2D eigenvalue weighted by Crippen LogP contribution is -2.30. The molecule has 1 fully saturated rings. The van der Waals surface area contributed by atoms with Gasteiger partial charge in [-0.25, -0.2) is 0 Å². The third kappa shape index (κ3) is 6.16. The van der Waals surface area contributed by atoms with Crippen molar-refractivity contribution in [1.29, 1.82) is 0 Å². The molecule has 0 amide bonds. The summed E-state index contributed by atoms with van der Waals surface area (Å²) in [5, 5.41) is 15.5. The van der Waals surface area contributed by atoms with E-state index in [9.17, 15) is 10.1 Å². The molecule has 0 spiro atoms. The number of nitro groups is 1. The van der Waals surface area contributed by atoms with Crippen LogP contribution in [0.15, 0.2) is 109 Å². The van der Waals surface area contributed by atoms with Crippen LogP contribution >= 0.6 is 0 Å². The van der Waals surface area contributed by atoms with Crippen LogP contribution in [-0.4, -0.2) is 36.0 Å². The maximum atomic E-state index is 12.0. The Labute approximate surface area is 218 Å². The van der Waals surface area contributed by atoms with E-state index in [2.05, 4.69) is 63.6 Å². The van der Waals surface area contributed by atoms with Crippen molar-refractivity contribution in [3.8, 4) is 0 Å². The summed E-state index contributed by atoms with van der Waals surface area (Å²) in [5.41, 5.74) is 5.06. The predicted molar refractivity (Wildman–Crippen MR) is 150 cm³/mol. The molecule has 1 aliphatic rings. The highest BCUT2D eigenvalue weighted by molar-refractivity contribution is 5.70. The highest BCUT2D eigenvalue weighted by Gasteiger charge is 2.23. The Balaban J connectivity index is 1.39. The molecule has 0 unspecified atom stereocenters. The zero-order chi connectivity index (χ0) is 25.5. The van der Waals surface area contributed by atoms with Gasteiger partial charge >= 0.3 is 0 Å². The molecule has 6 heteroatoms. The van der Waals surface area contributed by atoms with Crippen LogP contribution in [0.1, 0.15) is 29.2 Å². The van der Waals surface area contributed by atoms with Gasteiger partial charge in [-0.3, -0.25) is 15.0 Å². The number of benzene rings is 4. The molecular weight excluding hydrogens is 460 g/mol. The van der Waals surface area contributed by atoms with Crippen LogP contribution in [0.4, 0.5) is 17.1 Å². The minimum absolute atomic E-state index is 0.0844. The maximum absolute atomic E-state index is 12.0. The first-order valence-electron chi connectivity index (χ1n) is 12.8. The van der Waals surface area contributed by atoms with Gasteiger partial charge < -0.3 is 10.2 Å². The van der Waals surface area contributed by atoms with Gasteiger partial charge in [0.25, 0.3) is 5.69 Å². The molecule has 0 radical (unpaired) electrons. The number of anilines is 2. The summed E-state index contributed by atoms with van der Waals surface area (Å²) in [6, 6.07) is 36.0. The highest BCUT2D eigenvalue weighted by atomic mass is 16.6. The molecule has 1 N–H and O–H groups in total. The lowest BCUT2D eigenvalue weighted by molar-refractivity contribution is -0.384. The first kappa shape index (κ1) is 24.5. The Kier molecular flexibility index (Phi) is 7.77. The third-order valence-corrected chi connectivity index (χ3v) is 6.95. The average molecular weight is 493 g/mol. The van der Waals surface area contributed by atoms with Gasteiger partial charge in [0.2, 0.25) is 0 Å². The van der Waals surface area contributed by atoms with E-state index < -0.39 is 0 Å². The Morgan fingerprint density at radius 1 is 0.757 bits per heavy atom. The van der Waals surface area contributed by atoms with Crippen LogP contribution < -0.4 is 10.2 Å². The Bertz CT molecular complexity index is 1260. The van der Waals surface area contributed by atoms with Crippen molar-refractivity contribution in [2.75, 3.05) is 36.4 Å². The first-order chi connectivity index (χ1) is 18.2. The van der Waals surface area contributed by atoms with Crippen LogP contribution in [0, 0.1) is 10.1 Å². The van der Waals surface area contributed by atoms with Crippen molar-refractivity contribution in [2.24, 2.45) is 0 Å². The standard InChI is InChI=1S/C31H32N4O2/c36-35(37)30-18-17-28(34-20-10-19-33(21-22-34)24-25-11-4-1-5-12-25)23-29(30)32-31(26-13-6-2-7-14-26)27-15-8-3-9-16-27/h1-9,11-18,23,31-32H,10,19-22,24H2. The Morgan fingerprint density at radius 3 is 2.00 bits per heavy atom. The molecule has 6 nitrogen and oxygen atoms in total. The van der Waals surface area contributed by atoms with Crippen molar-refractivity contribution >= 4 is 17.1 Å². The van der Waals surface area contributed by atoms with Gasteiger partial charge in [0.15, 0.2) is 0 Å². The molecular formula is C31H32N4O2. The van der Waals surface area contributed by atoms with E-state index in [1.54, 1.807) is 6.07 Å². The second-order valence-corrected chi connectivity index (χ2v) is 9.46. The van der Waals surface area contributed by atoms with Crippen LogP contribution in [0.25, 0.3) is 0 Å². The molecule has 5 rings (SSSR count). The molecule has 1 saturated heterocycles. The van der Waals surface area contributed by atoms with Gasteiger partial charge in [-0.2, -0.15) is 0 Å². The van der Waals surface area contributed by atoms with Crippen LogP contribution in [0.2, 0.25) is 0 Å². The molecule has 1 aliphatic heterocycles. The normalized spacial score (nSPS) is 14.4. The number of nitrogens with one attached hydrogen (secondary N) is 1. The largest absolute Gasteiger partial charge is 0.370 e. The number of rotatable bonds is 8. The molecule has 1 heterocycles. The zero-order valence-corrected chi connectivity index (χ0v) is 20.9. The number of hydrogen-bond acceptors (Lipinski definition) is 5. The van der Waals surface area contributed by atoms with E-state index >= 15 is 0 Å². The minimum Gasteiger partial charge on any atom is -0.370 e. The summed E-state index contributed by atoms with van der Waals surface area (Å²) < 4.78 is 0. The van der Waals surface area contributed by atoms with Crippen molar-refractivity contribution in [1.82, 2.24) is 4.90 Å². The molecule has 37 heavy (non-hydrogen) atoms. The fraction of sp³-hybridized carbons (Fsp3) is 0.226. The minimum atomic E-state index is -0.302. The van der Waals surface area contributed by atoms with Crippen molar-refractivity contribution in [2.45, 2.75) is 19.0 Å². The van der Waals surface area contributed by atoms with E-state index in [0.29, 0.717) is 5.69 Å². The molecule has 188 valence electrons. The SMILES string of the molecule is O=[N+]([O-])c1ccc(N2CCCN(Cc3ccccc3)CC2)cc1NC(c1ccccc1)c1ccccc1. The van der Waals surface area contributed by atoms with Crippen LogP contribution in [0.3, 0.4) is 0 Å². The van der Waals surface area contributed by atoms with Gasteiger partial charge in [0.1, 0.15) is 5.69 Å². The lowest BCUT2D eigenvalue weighted by Gasteiger charge is -2.26. The quantitative estimate of drug-likeness (QED) is 0.224. The average Bonchev–Trinajstić information content (AvgIpc) is 3.18. The fourth-order valence-electron chi connectivity index (χ4n) is 5.03. The Hall–Kier alpha value is -4.16. The number of hydrogen-bond donors (Lipinski definition) is 1.